The van der Waals surface area contributed by atoms with E-state index in [2.05, 4.69) is 31.6 Å². The van der Waals surface area contributed by atoms with Gasteiger partial charge in [0.1, 0.15) is 0 Å². The van der Waals surface area contributed by atoms with Crippen molar-refractivity contribution in [2.45, 2.75) is 0 Å². The van der Waals surface area contributed by atoms with Gasteiger partial charge in [0.2, 0.25) is 0 Å². The van der Waals surface area contributed by atoms with Gasteiger partial charge in [-0.2, -0.15) is 15.3 Å². The van der Waals surface area contributed by atoms with Crippen LogP contribution in [-0.2, 0) is 0 Å². The first-order valence-corrected chi connectivity index (χ1v) is 18.9. The van der Waals surface area contributed by atoms with E-state index < -0.39 is 52.2 Å². The maximum absolute atomic E-state index is 12.5. The minimum atomic E-state index is -0.697. The van der Waals surface area contributed by atoms with Crippen LogP contribution in [-0.4, -0.2) is 67.0 Å². The SMILES string of the molecule is O=C(N/N=C/c1ccc(-c2cc(-c3ccc(/C=N/NC(=O)c4cccc(O)c4O)cc3)cc(-c3ccc(/C=N/NC(=O)c4cccc(O)c4O)cc3)c2)cc1)c1cccc(O)c1O. The zero-order valence-electron chi connectivity index (χ0n) is 32.8. The van der Waals surface area contributed by atoms with Gasteiger partial charge >= 0.3 is 0 Å². The standard InChI is InChI=1S/C48H36N6O9/c55-40-7-1-4-37(43(40)58)46(61)52-49-25-28-10-16-31(17-11-28)34-22-35(32-18-12-29(13-19-32)26-50-53-47(62)38-5-2-8-41(56)44(38)59)24-36(23-34)33-20-14-30(15-21-33)27-51-54-48(63)39-6-3-9-42(57)45(39)60/h1-27,55-60H,(H,52,61)(H,53,62)(H,54,63)/b49-25+,50-26+,51-27+. The van der Waals surface area contributed by atoms with Crippen LogP contribution in [0.25, 0.3) is 33.4 Å². The Bertz CT molecular complexity index is 2600. The van der Waals surface area contributed by atoms with Crippen molar-refractivity contribution in [1.82, 2.24) is 16.3 Å². The molecule has 0 unspecified atom stereocenters. The molecule has 0 bridgehead atoms. The summed E-state index contributed by atoms with van der Waals surface area (Å²) in [6.07, 6.45) is 4.34. The molecule has 0 fully saturated rings. The van der Waals surface area contributed by atoms with E-state index in [0.717, 1.165) is 33.4 Å². The molecule has 9 N–H and O–H groups in total. The fourth-order valence-corrected chi connectivity index (χ4v) is 6.23. The average Bonchev–Trinajstić information content (AvgIpc) is 3.29. The number of aromatic hydroxyl groups is 6. The van der Waals surface area contributed by atoms with Crippen LogP contribution in [0.1, 0.15) is 47.8 Å². The van der Waals surface area contributed by atoms with E-state index in [-0.39, 0.29) is 16.7 Å². The van der Waals surface area contributed by atoms with Crippen molar-refractivity contribution < 1.29 is 45.0 Å². The third-order valence-electron chi connectivity index (χ3n) is 9.58. The molecular formula is C48H36N6O9. The predicted molar refractivity (Wildman–Crippen MR) is 237 cm³/mol. The lowest BCUT2D eigenvalue weighted by atomic mass is 9.92. The lowest BCUT2D eigenvalue weighted by Crippen LogP contribution is -2.17. The smallest absolute Gasteiger partial charge is 0.275 e. The first kappa shape index (κ1) is 41.9. The average molecular weight is 841 g/mol. The summed E-state index contributed by atoms with van der Waals surface area (Å²) in [5.74, 6) is -4.99. The molecule has 15 nitrogen and oxygen atoms in total. The Morgan fingerprint density at radius 1 is 0.349 bits per heavy atom. The minimum Gasteiger partial charge on any atom is -0.504 e. The first-order valence-electron chi connectivity index (χ1n) is 18.9. The van der Waals surface area contributed by atoms with Crippen molar-refractivity contribution in [2.24, 2.45) is 15.3 Å². The topological polar surface area (TPSA) is 246 Å². The van der Waals surface area contributed by atoms with Crippen molar-refractivity contribution in [3.63, 3.8) is 0 Å². The Hall–Kier alpha value is -9.24. The van der Waals surface area contributed by atoms with Crippen molar-refractivity contribution in [1.29, 1.82) is 0 Å². The number of phenolic OH excluding ortho intramolecular Hbond substituents is 6. The summed E-state index contributed by atoms with van der Waals surface area (Å²) in [6, 6.07) is 40.6. The molecule has 3 amide bonds. The van der Waals surface area contributed by atoms with Gasteiger partial charge in [-0.1, -0.05) is 91.0 Å². The van der Waals surface area contributed by atoms with E-state index >= 15 is 0 Å². The van der Waals surface area contributed by atoms with Crippen LogP contribution in [0.3, 0.4) is 0 Å². The second-order valence-corrected chi connectivity index (χ2v) is 13.8. The highest BCUT2D eigenvalue weighted by Crippen LogP contribution is 2.34. The second kappa shape index (κ2) is 18.8. The van der Waals surface area contributed by atoms with Crippen LogP contribution in [0.15, 0.2) is 161 Å². The summed E-state index contributed by atoms with van der Waals surface area (Å²) < 4.78 is 0. The van der Waals surface area contributed by atoms with E-state index in [1.54, 1.807) is 0 Å². The molecule has 0 aliphatic rings. The predicted octanol–water partition coefficient (Wildman–Crippen LogP) is 7.21. The van der Waals surface area contributed by atoms with E-state index in [9.17, 15) is 45.0 Å². The first-order chi connectivity index (χ1) is 30.4. The van der Waals surface area contributed by atoms with Crippen LogP contribution >= 0.6 is 0 Å². The molecule has 312 valence electrons. The zero-order valence-corrected chi connectivity index (χ0v) is 32.8. The van der Waals surface area contributed by atoms with E-state index in [4.69, 9.17) is 0 Å². The summed E-state index contributed by atoms with van der Waals surface area (Å²) in [4.78, 5) is 37.5. The van der Waals surface area contributed by atoms with Gasteiger partial charge in [-0.15, -0.1) is 0 Å². The highest BCUT2D eigenvalue weighted by atomic mass is 16.3. The molecule has 0 atom stereocenters. The van der Waals surface area contributed by atoms with Crippen LogP contribution in [0.5, 0.6) is 34.5 Å². The van der Waals surface area contributed by atoms with Gasteiger partial charge in [0.05, 0.1) is 35.3 Å². The number of hydrogen-bond donors (Lipinski definition) is 9. The van der Waals surface area contributed by atoms with Crippen molar-refractivity contribution in [2.75, 3.05) is 0 Å². The Balaban J connectivity index is 1.11. The number of benzene rings is 7. The van der Waals surface area contributed by atoms with E-state index in [0.29, 0.717) is 16.7 Å². The van der Waals surface area contributed by atoms with Crippen molar-refractivity contribution >= 4 is 36.4 Å². The number of hydrogen-bond acceptors (Lipinski definition) is 12. The molecule has 7 rings (SSSR count). The van der Waals surface area contributed by atoms with Crippen LogP contribution in [0.4, 0.5) is 0 Å². The fraction of sp³-hybridized carbons (Fsp3) is 0. The normalized spacial score (nSPS) is 11.2. The summed E-state index contributed by atoms with van der Waals surface area (Å²) >= 11 is 0. The van der Waals surface area contributed by atoms with Gasteiger partial charge in [-0.3, -0.25) is 14.4 Å². The number of carbonyl (C=O) groups is 3. The lowest BCUT2D eigenvalue weighted by Gasteiger charge is -2.12. The number of hydrazone groups is 3. The van der Waals surface area contributed by atoms with Crippen LogP contribution in [0, 0.1) is 0 Å². The summed E-state index contributed by atoms with van der Waals surface area (Å²) in [5, 5.41) is 71.1. The fourth-order valence-electron chi connectivity index (χ4n) is 6.23. The number of carbonyl (C=O) groups excluding carboxylic acids is 3. The Morgan fingerprint density at radius 2 is 0.603 bits per heavy atom. The molecular weight excluding hydrogens is 805 g/mol. The van der Waals surface area contributed by atoms with E-state index in [1.165, 1.54) is 73.2 Å². The van der Waals surface area contributed by atoms with Crippen molar-refractivity contribution in [3.8, 4) is 67.9 Å². The van der Waals surface area contributed by atoms with Crippen LogP contribution < -0.4 is 16.3 Å². The Labute approximate surface area is 358 Å². The number of para-hydroxylation sites is 3. The van der Waals surface area contributed by atoms with Gasteiger partial charge < -0.3 is 30.6 Å². The molecule has 0 aliphatic heterocycles. The third kappa shape index (κ3) is 9.97. The Kier molecular flexibility index (Phi) is 12.5. The Morgan fingerprint density at radius 3 is 0.857 bits per heavy atom. The molecule has 0 saturated carbocycles. The van der Waals surface area contributed by atoms with Gasteiger partial charge in [0, 0.05) is 0 Å². The molecule has 15 heteroatoms. The monoisotopic (exact) mass is 840 g/mol. The van der Waals surface area contributed by atoms with E-state index in [1.807, 2.05) is 91.0 Å². The highest BCUT2D eigenvalue weighted by molar-refractivity contribution is 6.00. The van der Waals surface area contributed by atoms with Gasteiger partial charge in [-0.25, -0.2) is 16.3 Å². The molecule has 63 heavy (non-hydrogen) atoms. The maximum Gasteiger partial charge on any atom is 0.275 e. The second-order valence-electron chi connectivity index (χ2n) is 13.8. The van der Waals surface area contributed by atoms with Crippen molar-refractivity contribution in [3.05, 3.63) is 179 Å². The summed E-state index contributed by atoms with van der Waals surface area (Å²) in [7, 11) is 0. The molecule has 0 saturated heterocycles. The number of amides is 3. The maximum atomic E-state index is 12.5. The molecule has 0 aliphatic carbocycles. The largest absolute Gasteiger partial charge is 0.504 e. The quantitative estimate of drug-likeness (QED) is 0.0342. The molecule has 7 aromatic carbocycles. The molecule has 0 aromatic heterocycles. The number of rotatable bonds is 12. The molecule has 0 radical (unpaired) electrons. The summed E-state index contributed by atoms with van der Waals surface area (Å²) in [6.45, 7) is 0. The number of nitrogens with zero attached hydrogens (tertiary/aromatic N) is 3. The molecule has 0 heterocycles. The van der Waals surface area contributed by atoms with Crippen LogP contribution in [0.2, 0.25) is 0 Å². The highest BCUT2D eigenvalue weighted by Gasteiger charge is 2.16. The van der Waals surface area contributed by atoms with Gasteiger partial charge in [0.15, 0.2) is 34.5 Å². The summed E-state index contributed by atoms with van der Waals surface area (Å²) in [5.41, 5.74) is 13.9. The number of phenols is 6. The zero-order chi connectivity index (χ0) is 44.5. The van der Waals surface area contributed by atoms with Gasteiger partial charge in [-0.05, 0) is 105 Å². The number of nitrogens with one attached hydrogen (secondary N) is 3. The van der Waals surface area contributed by atoms with Gasteiger partial charge in [0.25, 0.3) is 17.7 Å². The molecule has 7 aromatic rings. The molecule has 0 spiro atoms. The lowest BCUT2D eigenvalue weighted by molar-refractivity contribution is 0.0943. The minimum absolute atomic E-state index is 0.128. The third-order valence-corrected chi connectivity index (χ3v) is 9.58.